The summed E-state index contributed by atoms with van der Waals surface area (Å²) in [4.78, 5) is 25.9. The number of thiophene rings is 1. The Kier molecular flexibility index (Phi) is 4.84. The number of benzene rings is 1. The van der Waals surface area contributed by atoms with Crippen molar-refractivity contribution in [3.8, 4) is 0 Å². The molecule has 0 saturated heterocycles. The third kappa shape index (κ3) is 3.19. The van der Waals surface area contributed by atoms with Crippen LogP contribution in [0.5, 0.6) is 0 Å². The minimum absolute atomic E-state index is 0.0297. The standard InChI is InChI=1S/C14H16BrN3O2S/c1-3-18(2)10(19)7-17-14(20)13-12(16)11-8(15)5-4-6-9(11)21-13/h4-6H,3,7,16H2,1-2H3,(H,17,20). The largest absolute Gasteiger partial charge is 0.397 e. The molecule has 0 atom stereocenters. The van der Waals surface area contributed by atoms with Crippen LogP contribution in [0.2, 0.25) is 0 Å². The van der Waals surface area contributed by atoms with E-state index >= 15 is 0 Å². The number of likely N-dealkylation sites (N-methyl/N-ethyl adjacent to an activating group) is 1. The Labute approximate surface area is 135 Å². The third-order valence-electron chi connectivity index (χ3n) is 3.21. The van der Waals surface area contributed by atoms with Gasteiger partial charge < -0.3 is 16.0 Å². The zero-order valence-corrected chi connectivity index (χ0v) is 14.2. The molecule has 3 N–H and O–H groups in total. The van der Waals surface area contributed by atoms with E-state index in [0.29, 0.717) is 17.1 Å². The van der Waals surface area contributed by atoms with Crippen LogP contribution < -0.4 is 11.1 Å². The highest BCUT2D eigenvalue weighted by atomic mass is 79.9. The molecule has 112 valence electrons. The first-order chi connectivity index (χ1) is 9.95. The molecule has 0 aliphatic carbocycles. The molecule has 1 aromatic heterocycles. The number of nitrogen functional groups attached to an aromatic ring is 1. The van der Waals surface area contributed by atoms with Crippen LogP contribution in [0.4, 0.5) is 5.69 Å². The van der Waals surface area contributed by atoms with Crippen molar-refractivity contribution >= 4 is 54.9 Å². The molecule has 0 saturated carbocycles. The van der Waals surface area contributed by atoms with Gasteiger partial charge in [0.15, 0.2) is 0 Å². The maximum atomic E-state index is 12.2. The maximum absolute atomic E-state index is 12.2. The van der Waals surface area contributed by atoms with Crippen molar-refractivity contribution in [1.82, 2.24) is 10.2 Å². The van der Waals surface area contributed by atoms with Gasteiger partial charge in [-0.15, -0.1) is 11.3 Å². The second-order valence-corrected chi connectivity index (χ2v) is 6.45. The number of nitrogens with one attached hydrogen (secondary N) is 1. The lowest BCUT2D eigenvalue weighted by Gasteiger charge is -2.14. The lowest BCUT2D eigenvalue weighted by molar-refractivity contribution is -0.128. The summed E-state index contributed by atoms with van der Waals surface area (Å²) in [6.45, 7) is 2.45. The molecule has 7 heteroatoms. The summed E-state index contributed by atoms with van der Waals surface area (Å²) >= 11 is 4.75. The first kappa shape index (κ1) is 15.8. The van der Waals surface area contributed by atoms with Crippen LogP contribution in [-0.4, -0.2) is 36.9 Å². The van der Waals surface area contributed by atoms with Crippen molar-refractivity contribution in [3.05, 3.63) is 27.5 Å². The average Bonchev–Trinajstić information content (AvgIpc) is 2.82. The minimum Gasteiger partial charge on any atom is -0.397 e. The van der Waals surface area contributed by atoms with Crippen LogP contribution in [-0.2, 0) is 4.79 Å². The normalized spacial score (nSPS) is 10.6. The molecule has 0 unspecified atom stereocenters. The van der Waals surface area contributed by atoms with Gasteiger partial charge in [-0.2, -0.15) is 0 Å². The highest BCUT2D eigenvalue weighted by Gasteiger charge is 2.18. The number of rotatable bonds is 4. The maximum Gasteiger partial charge on any atom is 0.263 e. The monoisotopic (exact) mass is 369 g/mol. The zero-order valence-electron chi connectivity index (χ0n) is 11.8. The van der Waals surface area contributed by atoms with Crippen molar-refractivity contribution in [2.24, 2.45) is 0 Å². The summed E-state index contributed by atoms with van der Waals surface area (Å²) < 4.78 is 1.79. The topological polar surface area (TPSA) is 75.4 Å². The SMILES string of the molecule is CCN(C)C(=O)CNC(=O)c1sc2cccc(Br)c2c1N. The average molecular weight is 370 g/mol. The van der Waals surface area contributed by atoms with Crippen LogP contribution >= 0.6 is 27.3 Å². The highest BCUT2D eigenvalue weighted by molar-refractivity contribution is 9.10. The van der Waals surface area contributed by atoms with Crippen LogP contribution in [0.3, 0.4) is 0 Å². The summed E-state index contributed by atoms with van der Waals surface area (Å²) in [5.74, 6) is -0.454. The molecular weight excluding hydrogens is 354 g/mol. The Morgan fingerprint density at radius 1 is 1.43 bits per heavy atom. The van der Waals surface area contributed by atoms with Crippen LogP contribution in [0.15, 0.2) is 22.7 Å². The van der Waals surface area contributed by atoms with E-state index in [1.54, 1.807) is 11.9 Å². The van der Waals surface area contributed by atoms with Gasteiger partial charge >= 0.3 is 0 Å². The van der Waals surface area contributed by atoms with Crippen LogP contribution in [0.1, 0.15) is 16.6 Å². The van der Waals surface area contributed by atoms with Crippen molar-refractivity contribution < 1.29 is 9.59 Å². The van der Waals surface area contributed by atoms with Crippen LogP contribution in [0, 0.1) is 0 Å². The number of nitrogens with two attached hydrogens (primary N) is 1. The smallest absolute Gasteiger partial charge is 0.263 e. The van der Waals surface area contributed by atoms with E-state index in [4.69, 9.17) is 5.73 Å². The fraction of sp³-hybridized carbons (Fsp3) is 0.286. The molecule has 0 aliphatic heterocycles. The van der Waals surface area contributed by atoms with Gasteiger partial charge in [0, 0.05) is 28.2 Å². The number of anilines is 1. The molecule has 2 amide bonds. The second-order valence-electron chi connectivity index (χ2n) is 4.55. The van der Waals surface area contributed by atoms with Gasteiger partial charge in [-0.1, -0.05) is 22.0 Å². The summed E-state index contributed by atoms with van der Waals surface area (Å²) in [6, 6.07) is 5.69. The van der Waals surface area contributed by atoms with Crippen molar-refractivity contribution in [2.75, 3.05) is 25.9 Å². The van der Waals surface area contributed by atoms with Crippen molar-refractivity contribution in [2.45, 2.75) is 6.92 Å². The predicted molar refractivity (Wildman–Crippen MR) is 89.6 cm³/mol. The Morgan fingerprint density at radius 2 is 2.14 bits per heavy atom. The van der Waals surface area contributed by atoms with E-state index in [1.807, 2.05) is 25.1 Å². The van der Waals surface area contributed by atoms with Gasteiger partial charge in [-0.05, 0) is 19.1 Å². The molecule has 1 heterocycles. The summed E-state index contributed by atoms with van der Waals surface area (Å²) in [5, 5.41) is 3.46. The first-order valence-corrected chi connectivity index (χ1v) is 8.05. The molecule has 5 nitrogen and oxygen atoms in total. The molecule has 2 aromatic rings. The number of halogens is 1. The summed E-state index contributed by atoms with van der Waals surface area (Å²) in [6.07, 6.45) is 0. The van der Waals surface area contributed by atoms with Gasteiger partial charge in [-0.25, -0.2) is 0 Å². The predicted octanol–water partition coefficient (Wildman–Crippen LogP) is 2.45. The Hall–Kier alpha value is -1.60. The number of hydrogen-bond acceptors (Lipinski definition) is 4. The van der Waals surface area contributed by atoms with Crippen molar-refractivity contribution in [1.29, 1.82) is 0 Å². The van der Waals surface area contributed by atoms with Crippen LogP contribution in [0.25, 0.3) is 10.1 Å². The number of fused-ring (bicyclic) bond motifs is 1. The molecule has 0 aliphatic rings. The molecule has 21 heavy (non-hydrogen) atoms. The first-order valence-electron chi connectivity index (χ1n) is 6.44. The van der Waals surface area contributed by atoms with Gasteiger partial charge in [0.2, 0.25) is 5.91 Å². The number of carbonyl (C=O) groups excluding carboxylic acids is 2. The Balaban J connectivity index is 2.19. The van der Waals surface area contributed by atoms with Gasteiger partial charge in [0.1, 0.15) is 4.88 Å². The van der Waals surface area contributed by atoms with E-state index in [-0.39, 0.29) is 18.4 Å². The lowest BCUT2D eigenvalue weighted by atomic mass is 10.2. The molecule has 0 bridgehead atoms. The van der Waals surface area contributed by atoms with E-state index in [9.17, 15) is 9.59 Å². The summed E-state index contributed by atoms with van der Waals surface area (Å²) in [5.41, 5.74) is 6.50. The lowest BCUT2D eigenvalue weighted by Crippen LogP contribution is -2.37. The number of carbonyl (C=O) groups is 2. The highest BCUT2D eigenvalue weighted by Crippen LogP contribution is 2.37. The number of hydrogen-bond donors (Lipinski definition) is 2. The third-order valence-corrected chi connectivity index (χ3v) is 5.04. The second kappa shape index (κ2) is 6.44. The molecule has 0 fully saturated rings. The fourth-order valence-electron chi connectivity index (χ4n) is 1.85. The molecule has 1 aromatic carbocycles. The van der Waals surface area contributed by atoms with Crippen molar-refractivity contribution in [3.63, 3.8) is 0 Å². The number of amides is 2. The summed E-state index contributed by atoms with van der Waals surface area (Å²) in [7, 11) is 1.69. The molecule has 0 spiro atoms. The fourth-order valence-corrected chi connectivity index (χ4v) is 3.62. The Morgan fingerprint density at radius 3 is 2.76 bits per heavy atom. The Bertz CT molecular complexity index is 699. The van der Waals surface area contributed by atoms with E-state index in [0.717, 1.165) is 14.6 Å². The van der Waals surface area contributed by atoms with Gasteiger partial charge in [-0.3, -0.25) is 9.59 Å². The van der Waals surface area contributed by atoms with E-state index in [1.165, 1.54) is 11.3 Å². The molecular formula is C14H16BrN3O2S. The molecule has 2 rings (SSSR count). The van der Waals surface area contributed by atoms with E-state index < -0.39 is 0 Å². The van der Waals surface area contributed by atoms with Gasteiger partial charge in [0.25, 0.3) is 5.91 Å². The molecule has 0 radical (unpaired) electrons. The number of nitrogens with zero attached hydrogens (tertiary/aromatic N) is 1. The van der Waals surface area contributed by atoms with Gasteiger partial charge in [0.05, 0.1) is 12.2 Å². The quantitative estimate of drug-likeness (QED) is 0.868. The zero-order chi connectivity index (χ0) is 15.6. The minimum atomic E-state index is -0.321. The van der Waals surface area contributed by atoms with E-state index in [2.05, 4.69) is 21.2 Å².